The average molecular weight is 179 g/mol. The fraction of sp³-hybridized carbons (Fsp3) is 0.727. The van der Waals surface area contributed by atoms with E-state index in [9.17, 15) is 4.79 Å². The zero-order chi connectivity index (χ0) is 9.42. The Morgan fingerprint density at radius 1 is 1.46 bits per heavy atom. The van der Waals surface area contributed by atoms with Gasteiger partial charge in [0.15, 0.2) is 0 Å². The molecule has 1 N–H and O–H groups in total. The number of rotatable bonds is 2. The highest BCUT2D eigenvalue weighted by molar-refractivity contribution is 5.95. The first-order valence-corrected chi connectivity index (χ1v) is 5.18. The van der Waals surface area contributed by atoms with Gasteiger partial charge in [-0.1, -0.05) is 12.5 Å². The molecule has 2 nitrogen and oxygen atoms in total. The van der Waals surface area contributed by atoms with Gasteiger partial charge in [-0.2, -0.15) is 0 Å². The summed E-state index contributed by atoms with van der Waals surface area (Å²) in [4.78, 5) is 11.7. The maximum absolute atomic E-state index is 11.7. The van der Waals surface area contributed by atoms with Crippen molar-refractivity contribution in [1.82, 2.24) is 5.32 Å². The quantitative estimate of drug-likeness (QED) is 0.690. The summed E-state index contributed by atoms with van der Waals surface area (Å²) in [6.07, 6.45) is 4.43. The molecule has 72 valence electrons. The van der Waals surface area contributed by atoms with Crippen molar-refractivity contribution in [2.24, 2.45) is 5.92 Å². The van der Waals surface area contributed by atoms with E-state index in [0.717, 1.165) is 31.3 Å². The first kappa shape index (κ1) is 8.79. The number of allylic oxidation sites excluding steroid dienone is 1. The molecule has 1 saturated carbocycles. The standard InChI is InChI=1S/C11H17NO/c1-7-4-3-5-9(7)11(13)12-10-6-8(10)2/h8,10H,3-6H2,1-2H3,(H,12,13). The van der Waals surface area contributed by atoms with Gasteiger partial charge in [0.2, 0.25) is 5.91 Å². The third-order valence-corrected chi connectivity index (χ3v) is 3.19. The monoisotopic (exact) mass is 179 g/mol. The molecule has 2 atom stereocenters. The third kappa shape index (κ3) is 1.77. The second-order valence-electron chi connectivity index (χ2n) is 4.41. The second-order valence-corrected chi connectivity index (χ2v) is 4.41. The maximum atomic E-state index is 11.7. The van der Waals surface area contributed by atoms with Gasteiger partial charge < -0.3 is 5.32 Å². The number of amides is 1. The minimum absolute atomic E-state index is 0.198. The summed E-state index contributed by atoms with van der Waals surface area (Å²) in [5.41, 5.74) is 2.35. The maximum Gasteiger partial charge on any atom is 0.247 e. The van der Waals surface area contributed by atoms with Gasteiger partial charge in [-0.05, 0) is 38.5 Å². The molecule has 0 aromatic carbocycles. The molecule has 0 saturated heterocycles. The Kier molecular flexibility index (Phi) is 2.14. The lowest BCUT2D eigenvalue weighted by Crippen LogP contribution is -2.27. The molecule has 0 bridgehead atoms. The van der Waals surface area contributed by atoms with Crippen LogP contribution in [0, 0.1) is 5.92 Å². The van der Waals surface area contributed by atoms with Gasteiger partial charge >= 0.3 is 0 Å². The zero-order valence-corrected chi connectivity index (χ0v) is 8.39. The van der Waals surface area contributed by atoms with Crippen LogP contribution in [0.25, 0.3) is 0 Å². The number of carbonyl (C=O) groups is 1. The largest absolute Gasteiger partial charge is 0.349 e. The van der Waals surface area contributed by atoms with Crippen LogP contribution in [0.1, 0.15) is 39.5 Å². The molecule has 0 radical (unpaired) electrons. The SMILES string of the molecule is CC1=C(C(=O)NC2CC2C)CCC1. The number of hydrogen-bond donors (Lipinski definition) is 1. The van der Waals surface area contributed by atoms with Crippen molar-refractivity contribution in [2.75, 3.05) is 0 Å². The van der Waals surface area contributed by atoms with Crippen LogP contribution >= 0.6 is 0 Å². The van der Waals surface area contributed by atoms with E-state index in [1.165, 1.54) is 5.57 Å². The summed E-state index contributed by atoms with van der Waals surface area (Å²) in [5.74, 6) is 0.899. The Bertz CT molecular complexity index is 267. The molecule has 0 spiro atoms. The van der Waals surface area contributed by atoms with Crippen LogP contribution in [0.5, 0.6) is 0 Å². The van der Waals surface area contributed by atoms with Crippen molar-refractivity contribution < 1.29 is 4.79 Å². The Morgan fingerprint density at radius 3 is 2.62 bits per heavy atom. The molecule has 2 aliphatic rings. The molecule has 0 aromatic heterocycles. The highest BCUT2D eigenvalue weighted by atomic mass is 16.1. The van der Waals surface area contributed by atoms with E-state index in [1.807, 2.05) is 0 Å². The van der Waals surface area contributed by atoms with E-state index in [2.05, 4.69) is 19.2 Å². The molecule has 2 aliphatic carbocycles. The van der Waals surface area contributed by atoms with Gasteiger partial charge in [0.05, 0.1) is 0 Å². The summed E-state index contributed by atoms with van der Waals surface area (Å²) in [7, 11) is 0. The highest BCUT2D eigenvalue weighted by Gasteiger charge is 2.34. The average Bonchev–Trinajstić information content (AvgIpc) is 2.62. The van der Waals surface area contributed by atoms with Crippen molar-refractivity contribution in [2.45, 2.75) is 45.6 Å². The molecular weight excluding hydrogens is 162 g/mol. The van der Waals surface area contributed by atoms with Crippen LogP contribution < -0.4 is 5.32 Å². The topological polar surface area (TPSA) is 29.1 Å². The fourth-order valence-electron chi connectivity index (χ4n) is 1.98. The van der Waals surface area contributed by atoms with Crippen LogP contribution in [0.4, 0.5) is 0 Å². The van der Waals surface area contributed by atoms with Gasteiger partial charge in [-0.3, -0.25) is 4.79 Å². The van der Waals surface area contributed by atoms with Crippen LogP contribution in [0.3, 0.4) is 0 Å². The summed E-state index contributed by atoms with van der Waals surface area (Å²) < 4.78 is 0. The van der Waals surface area contributed by atoms with Gasteiger partial charge in [-0.15, -0.1) is 0 Å². The van der Waals surface area contributed by atoms with Gasteiger partial charge in [0.25, 0.3) is 0 Å². The Balaban J connectivity index is 1.93. The van der Waals surface area contributed by atoms with Crippen LogP contribution in [0.15, 0.2) is 11.1 Å². The Morgan fingerprint density at radius 2 is 2.15 bits per heavy atom. The molecule has 1 fully saturated rings. The van der Waals surface area contributed by atoms with Crippen molar-refractivity contribution in [3.05, 3.63) is 11.1 Å². The normalized spacial score (nSPS) is 32.2. The van der Waals surface area contributed by atoms with Crippen molar-refractivity contribution in [1.29, 1.82) is 0 Å². The van der Waals surface area contributed by atoms with Crippen LogP contribution in [0.2, 0.25) is 0 Å². The minimum Gasteiger partial charge on any atom is -0.349 e. The van der Waals surface area contributed by atoms with Crippen LogP contribution in [-0.2, 0) is 4.79 Å². The first-order chi connectivity index (χ1) is 6.18. The minimum atomic E-state index is 0.198. The first-order valence-electron chi connectivity index (χ1n) is 5.18. The van der Waals surface area contributed by atoms with Gasteiger partial charge in [-0.25, -0.2) is 0 Å². The summed E-state index contributed by atoms with van der Waals surface area (Å²) in [6.45, 7) is 4.26. The molecule has 0 heterocycles. The van der Waals surface area contributed by atoms with E-state index in [4.69, 9.17) is 0 Å². The number of carbonyl (C=O) groups excluding carboxylic acids is 1. The predicted octanol–water partition coefficient (Wildman–Crippen LogP) is 2.01. The van der Waals surface area contributed by atoms with E-state index >= 15 is 0 Å². The summed E-state index contributed by atoms with van der Waals surface area (Å²) in [5, 5.41) is 3.08. The van der Waals surface area contributed by atoms with Crippen molar-refractivity contribution in [3.8, 4) is 0 Å². The number of nitrogens with one attached hydrogen (secondary N) is 1. The van der Waals surface area contributed by atoms with Gasteiger partial charge in [0.1, 0.15) is 0 Å². The van der Waals surface area contributed by atoms with E-state index in [0.29, 0.717) is 12.0 Å². The molecule has 13 heavy (non-hydrogen) atoms. The zero-order valence-electron chi connectivity index (χ0n) is 8.39. The molecule has 1 amide bonds. The molecule has 2 rings (SSSR count). The van der Waals surface area contributed by atoms with Gasteiger partial charge in [0, 0.05) is 11.6 Å². The lowest BCUT2D eigenvalue weighted by Gasteiger charge is -2.05. The number of hydrogen-bond acceptors (Lipinski definition) is 1. The molecule has 0 aromatic rings. The van der Waals surface area contributed by atoms with Crippen molar-refractivity contribution in [3.63, 3.8) is 0 Å². The van der Waals surface area contributed by atoms with Crippen molar-refractivity contribution >= 4 is 5.91 Å². The fourth-order valence-corrected chi connectivity index (χ4v) is 1.98. The highest BCUT2D eigenvalue weighted by Crippen LogP contribution is 2.31. The van der Waals surface area contributed by atoms with E-state index < -0.39 is 0 Å². The Labute approximate surface area is 79.4 Å². The van der Waals surface area contributed by atoms with E-state index in [1.54, 1.807) is 0 Å². The predicted molar refractivity (Wildman–Crippen MR) is 52.3 cm³/mol. The summed E-state index contributed by atoms with van der Waals surface area (Å²) in [6, 6.07) is 0.466. The van der Waals surface area contributed by atoms with Crippen LogP contribution in [-0.4, -0.2) is 11.9 Å². The molecule has 2 heteroatoms. The van der Waals surface area contributed by atoms with E-state index in [-0.39, 0.29) is 5.91 Å². The summed E-state index contributed by atoms with van der Waals surface area (Å²) >= 11 is 0. The lowest BCUT2D eigenvalue weighted by atomic mass is 10.1. The molecule has 0 aliphatic heterocycles. The molecular formula is C11H17NO. The molecule has 2 unspecified atom stereocenters. The second kappa shape index (κ2) is 3.17. The lowest BCUT2D eigenvalue weighted by molar-refractivity contribution is -0.117. The Hall–Kier alpha value is -0.790. The smallest absolute Gasteiger partial charge is 0.247 e. The third-order valence-electron chi connectivity index (χ3n) is 3.19.